The van der Waals surface area contributed by atoms with Crippen LogP contribution in [0.1, 0.15) is 38.8 Å². The Morgan fingerprint density at radius 3 is 1.42 bits per heavy atom. The molecule has 0 radical (unpaired) electrons. The Balaban J connectivity index is 0. The van der Waals surface area contributed by atoms with Crippen LogP contribution in [0.5, 0.6) is 11.5 Å². The lowest BCUT2D eigenvalue weighted by atomic mass is 10.2. The first kappa shape index (κ1) is 44.8. The molecule has 45 heavy (non-hydrogen) atoms. The van der Waals surface area contributed by atoms with Crippen molar-refractivity contribution < 1.29 is 10.2 Å². The summed E-state index contributed by atoms with van der Waals surface area (Å²) in [6.07, 6.45) is 0. The van der Waals surface area contributed by atoms with Crippen LogP contribution in [0, 0.1) is 0 Å². The highest BCUT2D eigenvalue weighted by Gasteiger charge is 2.08. The van der Waals surface area contributed by atoms with Crippen molar-refractivity contribution in [3.05, 3.63) is 59.7 Å². The molecule has 0 aliphatic rings. The summed E-state index contributed by atoms with van der Waals surface area (Å²) in [5.74, 6) is 0.662. The smallest absolute Gasteiger partial charge is 0.115 e. The van der Waals surface area contributed by atoms with E-state index in [9.17, 15) is 10.2 Å². The summed E-state index contributed by atoms with van der Waals surface area (Å²) in [5.41, 5.74) is 13.5. The molecule has 0 aliphatic heterocycles. The van der Waals surface area contributed by atoms with E-state index in [4.69, 9.17) is 11.5 Å². The van der Waals surface area contributed by atoms with Crippen molar-refractivity contribution in [2.45, 2.75) is 40.8 Å². The van der Waals surface area contributed by atoms with Gasteiger partial charge in [-0.15, -0.1) is 0 Å². The maximum absolute atomic E-state index is 9.48. The third kappa shape index (κ3) is 27.7. The standard InChI is InChI=1S/C14H26N4O.C14H24N2O.C4H11N.C3H9N/c1-17(7-5-15)9-10-18(8-6-16)12-13-3-2-4-14(19)11-13;1-4-15(3)9-10-16(5-2)12-13-7-6-8-14(17)11-13;1-4-5(2)3;1-3-4-2/h2-4,11,19H,5-10,12,15-16H2,1H3;6-8,11,17H,4-5,9-10,12H2,1-3H3;4H2,1-3H3;4H,3H2,1-2H3. The third-order valence-electron chi connectivity index (χ3n) is 7.16. The molecule has 0 saturated carbocycles. The predicted octanol–water partition coefficient (Wildman–Crippen LogP) is 3.00. The zero-order valence-electron chi connectivity index (χ0n) is 30.3. The van der Waals surface area contributed by atoms with E-state index >= 15 is 0 Å². The number of likely N-dealkylation sites (N-methyl/N-ethyl adjacent to an activating group) is 3. The Bertz CT molecular complexity index is 917. The van der Waals surface area contributed by atoms with Crippen LogP contribution in [0.4, 0.5) is 0 Å². The van der Waals surface area contributed by atoms with Gasteiger partial charge < -0.3 is 41.7 Å². The molecule has 2 aromatic carbocycles. The Morgan fingerprint density at radius 1 is 0.600 bits per heavy atom. The topological polar surface area (TPSA) is 121 Å². The van der Waals surface area contributed by atoms with E-state index in [1.54, 1.807) is 18.2 Å². The normalized spacial score (nSPS) is 10.8. The highest BCUT2D eigenvalue weighted by molar-refractivity contribution is 5.27. The van der Waals surface area contributed by atoms with Crippen LogP contribution < -0.4 is 16.8 Å². The van der Waals surface area contributed by atoms with Crippen molar-refractivity contribution in [2.75, 3.05) is 114 Å². The minimum absolute atomic E-state index is 0.311. The first-order valence-corrected chi connectivity index (χ1v) is 16.6. The maximum Gasteiger partial charge on any atom is 0.115 e. The molecule has 2 aromatic rings. The number of hydrogen-bond acceptors (Lipinski definition) is 10. The average Bonchev–Trinajstić information content (AvgIpc) is 3.02. The Kier molecular flexibility index (Phi) is 30.3. The molecule has 0 heterocycles. The average molecular weight is 635 g/mol. The largest absolute Gasteiger partial charge is 0.508 e. The van der Waals surface area contributed by atoms with E-state index in [2.05, 4.69) is 91.8 Å². The molecule has 0 aliphatic carbocycles. The maximum atomic E-state index is 9.48. The van der Waals surface area contributed by atoms with Gasteiger partial charge in [-0.1, -0.05) is 52.0 Å². The van der Waals surface area contributed by atoms with Gasteiger partial charge in [0.25, 0.3) is 0 Å². The number of nitrogens with two attached hydrogens (primary N) is 2. The summed E-state index contributed by atoms with van der Waals surface area (Å²) < 4.78 is 0. The van der Waals surface area contributed by atoms with Crippen molar-refractivity contribution in [1.29, 1.82) is 0 Å². The fourth-order valence-corrected chi connectivity index (χ4v) is 3.74. The van der Waals surface area contributed by atoms with Crippen molar-refractivity contribution in [3.63, 3.8) is 0 Å². The fraction of sp³-hybridized carbons (Fsp3) is 0.657. The molecule has 262 valence electrons. The van der Waals surface area contributed by atoms with E-state index in [0.717, 1.165) is 84.1 Å². The first-order valence-electron chi connectivity index (χ1n) is 16.6. The summed E-state index contributed by atoms with van der Waals surface area (Å²) in [6.45, 7) is 21.7. The van der Waals surface area contributed by atoms with Gasteiger partial charge in [0, 0.05) is 65.4 Å². The molecule has 0 spiro atoms. The van der Waals surface area contributed by atoms with Gasteiger partial charge in [0.05, 0.1) is 0 Å². The lowest BCUT2D eigenvalue weighted by Gasteiger charge is -2.25. The minimum Gasteiger partial charge on any atom is -0.508 e. The second-order valence-electron chi connectivity index (χ2n) is 11.4. The molecule has 0 aromatic heterocycles. The Morgan fingerprint density at radius 2 is 1.04 bits per heavy atom. The van der Waals surface area contributed by atoms with Gasteiger partial charge >= 0.3 is 0 Å². The number of phenols is 2. The summed E-state index contributed by atoms with van der Waals surface area (Å²) in [4.78, 5) is 11.3. The van der Waals surface area contributed by atoms with Crippen LogP contribution in [0.2, 0.25) is 0 Å². The number of benzene rings is 2. The molecule has 0 atom stereocenters. The quantitative estimate of drug-likeness (QED) is 0.167. The number of rotatable bonds is 18. The molecule has 0 fully saturated rings. The zero-order chi connectivity index (χ0) is 34.5. The second kappa shape index (κ2) is 30.4. The lowest BCUT2D eigenvalue weighted by Crippen LogP contribution is -2.37. The van der Waals surface area contributed by atoms with Crippen molar-refractivity contribution >= 4 is 0 Å². The van der Waals surface area contributed by atoms with Crippen LogP contribution in [0.25, 0.3) is 0 Å². The SMILES string of the molecule is CCN(C)C.CCN(C)CCN(CC)Cc1cccc(O)c1.CCNC.CN(CCN)CCN(CCN)Cc1cccc(O)c1. The van der Waals surface area contributed by atoms with Gasteiger partial charge in [-0.2, -0.15) is 0 Å². The highest BCUT2D eigenvalue weighted by Crippen LogP contribution is 2.13. The molecule has 0 amide bonds. The number of nitrogens with one attached hydrogen (secondary N) is 1. The Labute approximate surface area is 277 Å². The van der Waals surface area contributed by atoms with Gasteiger partial charge in [-0.25, -0.2) is 0 Å². The monoisotopic (exact) mass is 635 g/mol. The molecular weight excluding hydrogens is 564 g/mol. The molecule has 0 bridgehead atoms. The van der Waals surface area contributed by atoms with Crippen molar-refractivity contribution in [3.8, 4) is 11.5 Å². The van der Waals surface area contributed by atoms with Crippen LogP contribution in [0.15, 0.2) is 48.5 Å². The molecule has 2 rings (SSSR count). The molecular formula is C35H70N8O2. The summed E-state index contributed by atoms with van der Waals surface area (Å²) in [6, 6.07) is 14.9. The van der Waals surface area contributed by atoms with Gasteiger partial charge in [-0.3, -0.25) is 9.80 Å². The number of nitrogens with zero attached hydrogens (tertiary/aromatic N) is 5. The van der Waals surface area contributed by atoms with Gasteiger partial charge in [0.2, 0.25) is 0 Å². The number of phenolic OH excluding ortho intramolecular Hbond substituents is 2. The van der Waals surface area contributed by atoms with Crippen molar-refractivity contribution in [2.24, 2.45) is 11.5 Å². The lowest BCUT2D eigenvalue weighted by molar-refractivity contribution is 0.225. The highest BCUT2D eigenvalue weighted by atomic mass is 16.3. The van der Waals surface area contributed by atoms with Crippen LogP contribution >= 0.6 is 0 Å². The minimum atomic E-state index is 0.311. The first-order chi connectivity index (χ1) is 21.5. The summed E-state index contributed by atoms with van der Waals surface area (Å²) in [7, 11) is 10.3. The van der Waals surface area contributed by atoms with Crippen LogP contribution in [-0.2, 0) is 13.1 Å². The van der Waals surface area contributed by atoms with Crippen LogP contribution in [0.3, 0.4) is 0 Å². The summed E-state index contributed by atoms with van der Waals surface area (Å²) >= 11 is 0. The van der Waals surface area contributed by atoms with Crippen LogP contribution in [-0.4, -0.2) is 148 Å². The number of aromatic hydroxyl groups is 2. The zero-order valence-corrected chi connectivity index (χ0v) is 30.3. The molecule has 0 saturated heterocycles. The fourth-order valence-electron chi connectivity index (χ4n) is 3.74. The van der Waals surface area contributed by atoms with Gasteiger partial charge in [0.15, 0.2) is 0 Å². The van der Waals surface area contributed by atoms with Gasteiger partial charge in [-0.05, 0) is 96.8 Å². The number of hydrogen-bond donors (Lipinski definition) is 5. The van der Waals surface area contributed by atoms with E-state index in [-0.39, 0.29) is 0 Å². The molecule has 10 heteroatoms. The van der Waals surface area contributed by atoms with E-state index in [1.807, 2.05) is 31.3 Å². The van der Waals surface area contributed by atoms with Crippen molar-refractivity contribution in [1.82, 2.24) is 29.8 Å². The van der Waals surface area contributed by atoms with Gasteiger partial charge in [0.1, 0.15) is 11.5 Å². The summed E-state index contributed by atoms with van der Waals surface area (Å²) in [5, 5.41) is 21.8. The van der Waals surface area contributed by atoms with E-state index in [1.165, 1.54) is 5.56 Å². The van der Waals surface area contributed by atoms with E-state index < -0.39 is 0 Å². The predicted molar refractivity (Wildman–Crippen MR) is 195 cm³/mol. The molecule has 0 unspecified atom stereocenters. The second-order valence-corrected chi connectivity index (χ2v) is 11.4. The molecule has 7 N–H and O–H groups in total. The Hall–Kier alpha value is -2.28. The van der Waals surface area contributed by atoms with E-state index in [0.29, 0.717) is 24.6 Å². The third-order valence-corrected chi connectivity index (χ3v) is 7.16. The molecule has 10 nitrogen and oxygen atoms in total.